The average Bonchev–Trinajstić information content (AvgIpc) is 3.16. The van der Waals surface area contributed by atoms with E-state index in [2.05, 4.69) is 5.32 Å². The number of sulfonamides is 1. The number of rotatable bonds is 6. The van der Waals surface area contributed by atoms with Crippen LogP contribution in [0.1, 0.15) is 34.5 Å². The van der Waals surface area contributed by atoms with Gasteiger partial charge in [0.15, 0.2) is 0 Å². The van der Waals surface area contributed by atoms with Crippen LogP contribution in [0.5, 0.6) is 0 Å². The van der Waals surface area contributed by atoms with Crippen LogP contribution in [0, 0.1) is 0 Å². The fraction of sp³-hybridized carbons (Fsp3) is 0.389. The van der Waals surface area contributed by atoms with E-state index in [-0.39, 0.29) is 16.4 Å². The summed E-state index contributed by atoms with van der Waals surface area (Å²) in [5, 5.41) is 4.84. The minimum atomic E-state index is -3.63. The van der Waals surface area contributed by atoms with Crippen LogP contribution in [0.2, 0.25) is 0 Å². The number of hydrogen-bond acceptors (Lipinski definition) is 4. The molecule has 1 N–H and O–H groups in total. The monoisotopic (exact) mass is 378 g/mol. The number of amides is 1. The molecule has 1 saturated heterocycles. The van der Waals surface area contributed by atoms with Gasteiger partial charge in [0.25, 0.3) is 5.91 Å². The van der Waals surface area contributed by atoms with Crippen molar-refractivity contribution in [1.82, 2.24) is 9.62 Å². The second-order valence-electron chi connectivity index (χ2n) is 6.05. The molecule has 5 nitrogen and oxygen atoms in total. The molecule has 2 aromatic rings. The summed E-state index contributed by atoms with van der Waals surface area (Å²) in [6.45, 7) is 1.53. The lowest BCUT2D eigenvalue weighted by Gasteiger charge is -2.26. The zero-order valence-electron chi connectivity index (χ0n) is 14.0. The Kier molecular flexibility index (Phi) is 5.88. The first-order valence-electron chi connectivity index (χ1n) is 8.49. The van der Waals surface area contributed by atoms with E-state index in [0.29, 0.717) is 19.6 Å². The molecule has 1 aliphatic heterocycles. The van der Waals surface area contributed by atoms with Crippen LogP contribution in [0.25, 0.3) is 0 Å². The molecule has 7 heteroatoms. The molecule has 0 radical (unpaired) electrons. The summed E-state index contributed by atoms with van der Waals surface area (Å²) >= 11 is 1.64. The first-order chi connectivity index (χ1) is 12.1. The summed E-state index contributed by atoms with van der Waals surface area (Å²) < 4.78 is 27.3. The third-order valence-electron chi connectivity index (χ3n) is 4.30. The number of carbonyl (C=O) groups is 1. The van der Waals surface area contributed by atoms with Crippen molar-refractivity contribution in [3.8, 4) is 0 Å². The number of hydrogen-bond donors (Lipinski definition) is 1. The van der Waals surface area contributed by atoms with Crippen LogP contribution in [0.3, 0.4) is 0 Å². The van der Waals surface area contributed by atoms with Gasteiger partial charge in [-0.1, -0.05) is 24.6 Å². The van der Waals surface area contributed by atoms with Gasteiger partial charge in [-0.05, 0) is 42.8 Å². The molecule has 1 fully saturated rings. The van der Waals surface area contributed by atoms with Crippen molar-refractivity contribution in [3.63, 3.8) is 0 Å². The highest BCUT2D eigenvalue weighted by Gasteiger charge is 2.29. The Hall–Kier alpha value is -1.70. The van der Waals surface area contributed by atoms with E-state index in [9.17, 15) is 13.2 Å². The van der Waals surface area contributed by atoms with Crippen LogP contribution >= 0.6 is 11.3 Å². The van der Waals surface area contributed by atoms with E-state index < -0.39 is 10.0 Å². The van der Waals surface area contributed by atoms with Crippen LogP contribution in [-0.2, 0) is 16.4 Å². The number of piperidine rings is 1. The van der Waals surface area contributed by atoms with Crippen molar-refractivity contribution in [3.05, 3.63) is 52.2 Å². The number of benzene rings is 1. The molecular formula is C18H22N2O3S2. The number of nitrogens with zero attached hydrogens (tertiary/aromatic N) is 1. The van der Waals surface area contributed by atoms with Crippen molar-refractivity contribution < 1.29 is 13.2 Å². The quantitative estimate of drug-likeness (QED) is 0.840. The molecule has 134 valence electrons. The molecule has 0 unspecified atom stereocenters. The molecule has 0 bridgehead atoms. The fourth-order valence-corrected chi connectivity index (χ4v) is 5.39. The zero-order valence-corrected chi connectivity index (χ0v) is 15.6. The lowest BCUT2D eigenvalue weighted by molar-refractivity contribution is 0.0950. The SMILES string of the molecule is O=C(NCCc1cccs1)c1ccccc1S(=O)(=O)N1CCCCC1. The minimum absolute atomic E-state index is 0.102. The van der Waals surface area contributed by atoms with Crippen LogP contribution in [0.4, 0.5) is 0 Å². The molecule has 2 heterocycles. The number of thiophene rings is 1. The molecule has 0 spiro atoms. The highest BCUT2D eigenvalue weighted by molar-refractivity contribution is 7.89. The lowest BCUT2D eigenvalue weighted by Crippen LogP contribution is -2.37. The molecule has 1 aromatic carbocycles. The lowest BCUT2D eigenvalue weighted by atomic mass is 10.2. The summed E-state index contributed by atoms with van der Waals surface area (Å²) in [7, 11) is -3.63. The first kappa shape index (κ1) is 18.1. The van der Waals surface area contributed by atoms with Crippen molar-refractivity contribution >= 4 is 27.3 Å². The van der Waals surface area contributed by atoms with Crippen LogP contribution in [0.15, 0.2) is 46.7 Å². The van der Waals surface area contributed by atoms with Gasteiger partial charge in [-0.25, -0.2) is 8.42 Å². The van der Waals surface area contributed by atoms with Gasteiger partial charge in [0.1, 0.15) is 0 Å². The molecule has 1 aromatic heterocycles. The summed E-state index contributed by atoms with van der Waals surface area (Å²) in [5.41, 5.74) is 0.222. The second-order valence-corrected chi connectivity index (χ2v) is 8.98. The predicted molar refractivity (Wildman–Crippen MR) is 99.4 cm³/mol. The second kappa shape index (κ2) is 8.12. The molecule has 25 heavy (non-hydrogen) atoms. The molecule has 1 amide bonds. The van der Waals surface area contributed by atoms with E-state index in [1.807, 2.05) is 17.5 Å². The Morgan fingerprint density at radius 2 is 1.84 bits per heavy atom. The van der Waals surface area contributed by atoms with Gasteiger partial charge >= 0.3 is 0 Å². The highest BCUT2D eigenvalue weighted by Crippen LogP contribution is 2.23. The predicted octanol–water partition coefficient (Wildman–Crippen LogP) is 2.90. The van der Waals surface area contributed by atoms with Gasteiger partial charge in [-0.3, -0.25) is 4.79 Å². The maximum absolute atomic E-state index is 12.9. The molecule has 0 saturated carbocycles. The van der Waals surface area contributed by atoms with Gasteiger partial charge in [-0.15, -0.1) is 11.3 Å². The van der Waals surface area contributed by atoms with Crippen molar-refractivity contribution in [2.75, 3.05) is 19.6 Å². The highest BCUT2D eigenvalue weighted by atomic mass is 32.2. The number of carbonyl (C=O) groups excluding carboxylic acids is 1. The van der Waals surface area contributed by atoms with E-state index >= 15 is 0 Å². The fourth-order valence-electron chi connectivity index (χ4n) is 2.97. The minimum Gasteiger partial charge on any atom is -0.352 e. The molecule has 0 aliphatic carbocycles. The van der Waals surface area contributed by atoms with Gasteiger partial charge < -0.3 is 5.32 Å². The van der Waals surface area contributed by atoms with Gasteiger partial charge in [0, 0.05) is 24.5 Å². The number of nitrogens with one attached hydrogen (secondary N) is 1. The van der Waals surface area contributed by atoms with Gasteiger partial charge in [0.05, 0.1) is 10.5 Å². The topological polar surface area (TPSA) is 66.5 Å². The van der Waals surface area contributed by atoms with Crippen molar-refractivity contribution in [2.24, 2.45) is 0 Å². The normalized spacial score (nSPS) is 15.8. The summed E-state index contributed by atoms with van der Waals surface area (Å²) in [4.78, 5) is 13.8. The zero-order chi connectivity index (χ0) is 17.7. The summed E-state index contributed by atoms with van der Waals surface area (Å²) in [6.07, 6.45) is 3.53. The molecule has 3 rings (SSSR count). The van der Waals surface area contributed by atoms with E-state index in [0.717, 1.165) is 25.7 Å². The molecule has 1 aliphatic rings. The molecular weight excluding hydrogens is 356 g/mol. The van der Waals surface area contributed by atoms with Crippen LogP contribution < -0.4 is 5.32 Å². The Morgan fingerprint density at radius 3 is 2.56 bits per heavy atom. The summed E-state index contributed by atoms with van der Waals surface area (Å²) in [6, 6.07) is 10.5. The van der Waals surface area contributed by atoms with Crippen molar-refractivity contribution in [1.29, 1.82) is 0 Å². The Labute approximate surface area is 152 Å². The Bertz CT molecular complexity index is 811. The van der Waals surface area contributed by atoms with Crippen molar-refractivity contribution in [2.45, 2.75) is 30.6 Å². The Balaban J connectivity index is 1.74. The van der Waals surface area contributed by atoms with E-state index in [1.54, 1.807) is 29.5 Å². The smallest absolute Gasteiger partial charge is 0.252 e. The summed E-state index contributed by atoms with van der Waals surface area (Å²) in [5.74, 6) is -0.340. The van der Waals surface area contributed by atoms with E-state index in [1.165, 1.54) is 15.2 Å². The molecule has 0 atom stereocenters. The van der Waals surface area contributed by atoms with Gasteiger partial charge in [0.2, 0.25) is 10.0 Å². The first-order valence-corrected chi connectivity index (χ1v) is 10.8. The maximum atomic E-state index is 12.9. The maximum Gasteiger partial charge on any atom is 0.252 e. The van der Waals surface area contributed by atoms with E-state index in [4.69, 9.17) is 0 Å². The van der Waals surface area contributed by atoms with Crippen LogP contribution in [-0.4, -0.2) is 38.3 Å². The standard InChI is InChI=1S/C18H22N2O3S2/c21-18(19-11-10-15-7-6-14-24-15)16-8-2-3-9-17(16)25(22,23)20-12-4-1-5-13-20/h2-3,6-9,14H,1,4-5,10-13H2,(H,19,21). The third-order valence-corrected chi connectivity index (χ3v) is 7.19. The largest absolute Gasteiger partial charge is 0.352 e. The van der Waals surface area contributed by atoms with Gasteiger partial charge in [-0.2, -0.15) is 4.31 Å². The average molecular weight is 379 g/mol. The third kappa shape index (κ3) is 4.29. The Morgan fingerprint density at radius 1 is 1.08 bits per heavy atom.